The van der Waals surface area contributed by atoms with Gasteiger partial charge in [0.1, 0.15) is 23.0 Å². The van der Waals surface area contributed by atoms with Crippen molar-refractivity contribution in [2.24, 2.45) is 0 Å². The molecule has 0 aliphatic rings. The van der Waals surface area contributed by atoms with Gasteiger partial charge < -0.3 is 19.3 Å². The smallest absolute Gasteiger partial charge is 0.343 e. The van der Waals surface area contributed by atoms with Crippen molar-refractivity contribution < 1.29 is 28.9 Å². The van der Waals surface area contributed by atoms with Crippen molar-refractivity contribution >= 4 is 11.9 Å². The largest absolute Gasteiger partial charge is 0.508 e. The third-order valence-electron chi connectivity index (χ3n) is 5.70. The molecule has 3 rings (SSSR count). The second-order valence-corrected chi connectivity index (χ2v) is 8.65. The molecule has 0 aromatic heterocycles. The first kappa shape index (κ1) is 26.8. The summed E-state index contributed by atoms with van der Waals surface area (Å²) in [6.07, 6.45) is 10.0. The Labute approximate surface area is 212 Å². The Balaban J connectivity index is 1.38. The fourth-order valence-corrected chi connectivity index (χ4v) is 3.62. The molecule has 0 aliphatic carbocycles. The molecule has 0 saturated heterocycles. The van der Waals surface area contributed by atoms with Crippen LogP contribution in [0.3, 0.4) is 0 Å². The van der Waals surface area contributed by atoms with E-state index in [9.17, 15) is 14.7 Å². The first-order valence-electron chi connectivity index (χ1n) is 12.6. The molecule has 3 aromatic carbocycles. The molecule has 0 saturated carbocycles. The summed E-state index contributed by atoms with van der Waals surface area (Å²) in [5, 5.41) is 9.31. The van der Waals surface area contributed by atoms with E-state index in [-0.39, 0.29) is 5.75 Å². The van der Waals surface area contributed by atoms with Crippen LogP contribution in [0.4, 0.5) is 0 Å². The second-order valence-electron chi connectivity index (χ2n) is 8.65. The van der Waals surface area contributed by atoms with E-state index >= 15 is 0 Å². The zero-order chi connectivity index (χ0) is 25.6. The van der Waals surface area contributed by atoms with Gasteiger partial charge in [0, 0.05) is 0 Å². The van der Waals surface area contributed by atoms with Crippen LogP contribution < -0.4 is 14.2 Å². The van der Waals surface area contributed by atoms with Crippen molar-refractivity contribution in [1.29, 1.82) is 0 Å². The van der Waals surface area contributed by atoms with E-state index in [1.165, 1.54) is 93.5 Å². The zero-order valence-electron chi connectivity index (χ0n) is 20.8. The number of aromatic hydroxyl groups is 1. The van der Waals surface area contributed by atoms with Gasteiger partial charge in [-0.2, -0.15) is 0 Å². The van der Waals surface area contributed by atoms with Gasteiger partial charge in [-0.3, -0.25) is 0 Å². The van der Waals surface area contributed by atoms with Crippen LogP contribution >= 0.6 is 0 Å². The summed E-state index contributed by atoms with van der Waals surface area (Å²) < 4.78 is 16.5. The molecule has 0 heterocycles. The van der Waals surface area contributed by atoms with Gasteiger partial charge in [0.2, 0.25) is 0 Å². The van der Waals surface area contributed by atoms with Gasteiger partial charge in [0.25, 0.3) is 0 Å². The number of carbonyl (C=O) groups is 2. The van der Waals surface area contributed by atoms with Crippen molar-refractivity contribution in [3.05, 3.63) is 83.9 Å². The molecule has 0 unspecified atom stereocenters. The number of ether oxygens (including phenoxy) is 3. The molecule has 0 aliphatic heterocycles. The minimum atomic E-state index is -0.560. The lowest BCUT2D eigenvalue weighted by atomic mass is 10.1. The van der Waals surface area contributed by atoms with Gasteiger partial charge in [0.05, 0.1) is 17.7 Å². The highest BCUT2D eigenvalue weighted by Gasteiger charge is 2.12. The van der Waals surface area contributed by atoms with E-state index in [2.05, 4.69) is 6.92 Å². The van der Waals surface area contributed by atoms with Crippen molar-refractivity contribution in [1.82, 2.24) is 0 Å². The summed E-state index contributed by atoms with van der Waals surface area (Å²) in [7, 11) is 0. The van der Waals surface area contributed by atoms with Gasteiger partial charge in [-0.05, 0) is 79.2 Å². The van der Waals surface area contributed by atoms with Crippen LogP contribution in [0.5, 0.6) is 23.0 Å². The first-order chi connectivity index (χ1) is 17.5. The topological polar surface area (TPSA) is 82.1 Å². The average molecular weight is 491 g/mol. The van der Waals surface area contributed by atoms with Crippen LogP contribution in [0.1, 0.15) is 79.0 Å². The van der Waals surface area contributed by atoms with Crippen molar-refractivity contribution in [2.45, 2.75) is 58.3 Å². The summed E-state index contributed by atoms with van der Waals surface area (Å²) in [6, 6.07) is 18.9. The van der Waals surface area contributed by atoms with E-state index < -0.39 is 11.9 Å². The van der Waals surface area contributed by atoms with Crippen LogP contribution in [0.15, 0.2) is 72.8 Å². The highest BCUT2D eigenvalue weighted by atomic mass is 16.5. The third-order valence-corrected chi connectivity index (χ3v) is 5.70. The van der Waals surface area contributed by atoms with Gasteiger partial charge in [-0.25, -0.2) is 9.59 Å². The molecule has 6 nitrogen and oxygen atoms in total. The lowest BCUT2D eigenvalue weighted by Crippen LogP contribution is -2.10. The van der Waals surface area contributed by atoms with E-state index in [0.717, 1.165) is 12.2 Å². The molecule has 6 heteroatoms. The predicted molar refractivity (Wildman–Crippen MR) is 139 cm³/mol. The Morgan fingerprint density at radius 3 is 1.53 bits per heavy atom. The maximum atomic E-state index is 12.5. The molecule has 0 spiro atoms. The Morgan fingerprint density at radius 1 is 0.583 bits per heavy atom. The van der Waals surface area contributed by atoms with E-state index in [4.69, 9.17) is 14.2 Å². The van der Waals surface area contributed by atoms with Gasteiger partial charge in [-0.1, -0.05) is 51.9 Å². The highest BCUT2D eigenvalue weighted by Crippen LogP contribution is 2.21. The summed E-state index contributed by atoms with van der Waals surface area (Å²) in [5.41, 5.74) is 0.635. The third kappa shape index (κ3) is 9.10. The maximum Gasteiger partial charge on any atom is 0.343 e. The highest BCUT2D eigenvalue weighted by molar-refractivity contribution is 5.92. The summed E-state index contributed by atoms with van der Waals surface area (Å²) in [6.45, 7) is 2.91. The standard InChI is InChI=1S/C30H34O6/c1-2-3-4-5-6-7-8-9-22-34-26-18-20-28(21-19-26)36-30(33)24-12-16-27(17-13-24)35-29(32)23-10-14-25(31)15-11-23/h10-21,31H,2-9,22H2,1H3. The second kappa shape index (κ2) is 14.6. The number of hydrogen-bond donors (Lipinski definition) is 1. The normalized spacial score (nSPS) is 10.6. The molecule has 36 heavy (non-hydrogen) atoms. The number of esters is 2. The number of rotatable bonds is 14. The van der Waals surface area contributed by atoms with E-state index in [1.807, 2.05) is 0 Å². The minimum absolute atomic E-state index is 0.0652. The van der Waals surface area contributed by atoms with Gasteiger partial charge >= 0.3 is 11.9 Å². The molecule has 0 radical (unpaired) electrons. The molecule has 0 atom stereocenters. The van der Waals surface area contributed by atoms with Gasteiger partial charge in [-0.15, -0.1) is 0 Å². The fourth-order valence-electron chi connectivity index (χ4n) is 3.62. The number of benzene rings is 3. The van der Waals surface area contributed by atoms with Crippen molar-refractivity contribution in [3.63, 3.8) is 0 Å². The van der Waals surface area contributed by atoms with E-state index in [1.54, 1.807) is 24.3 Å². The Bertz CT molecular complexity index is 1070. The van der Waals surface area contributed by atoms with Crippen LogP contribution in [-0.4, -0.2) is 23.7 Å². The Hall–Kier alpha value is -3.80. The first-order valence-corrected chi connectivity index (χ1v) is 12.6. The molecule has 0 fully saturated rings. The predicted octanol–water partition coefficient (Wildman–Crippen LogP) is 7.35. The quantitative estimate of drug-likeness (QED) is 0.144. The molecular weight excluding hydrogens is 456 g/mol. The monoisotopic (exact) mass is 490 g/mol. The number of phenols is 1. The molecule has 3 aromatic rings. The SMILES string of the molecule is CCCCCCCCCCOc1ccc(OC(=O)c2ccc(OC(=O)c3ccc(O)cc3)cc2)cc1. The van der Waals surface area contributed by atoms with Gasteiger partial charge in [0.15, 0.2) is 0 Å². The van der Waals surface area contributed by atoms with Crippen molar-refractivity contribution in [2.75, 3.05) is 6.61 Å². The average Bonchev–Trinajstić information content (AvgIpc) is 2.89. The molecular formula is C30H34O6. The van der Waals surface area contributed by atoms with E-state index in [0.29, 0.717) is 29.2 Å². The molecule has 1 N–H and O–H groups in total. The zero-order valence-corrected chi connectivity index (χ0v) is 20.8. The summed E-state index contributed by atoms with van der Waals surface area (Å²) >= 11 is 0. The number of carbonyl (C=O) groups excluding carboxylic acids is 2. The molecule has 0 amide bonds. The number of phenolic OH excluding ortho intramolecular Hbond substituents is 1. The maximum absolute atomic E-state index is 12.5. The van der Waals surface area contributed by atoms with Crippen LogP contribution in [0.25, 0.3) is 0 Å². The number of unbranched alkanes of at least 4 members (excludes halogenated alkanes) is 7. The minimum Gasteiger partial charge on any atom is -0.508 e. The van der Waals surface area contributed by atoms with Crippen LogP contribution in [0.2, 0.25) is 0 Å². The fraction of sp³-hybridized carbons (Fsp3) is 0.333. The Morgan fingerprint density at radius 2 is 1.00 bits per heavy atom. The lowest BCUT2D eigenvalue weighted by Gasteiger charge is -2.09. The number of hydrogen-bond acceptors (Lipinski definition) is 6. The lowest BCUT2D eigenvalue weighted by molar-refractivity contribution is 0.0730. The summed E-state index contributed by atoms with van der Waals surface area (Å²) in [5.74, 6) is 0.451. The molecule has 190 valence electrons. The summed E-state index contributed by atoms with van der Waals surface area (Å²) in [4.78, 5) is 24.6. The van der Waals surface area contributed by atoms with Crippen LogP contribution in [0, 0.1) is 0 Å². The van der Waals surface area contributed by atoms with Crippen molar-refractivity contribution in [3.8, 4) is 23.0 Å². The van der Waals surface area contributed by atoms with Crippen LogP contribution in [-0.2, 0) is 0 Å². The molecule has 0 bridgehead atoms. The Kier molecular flexibility index (Phi) is 10.8.